The van der Waals surface area contributed by atoms with Crippen molar-refractivity contribution >= 4 is 23.9 Å². The smallest absolute Gasteiger partial charge is 0.250 e. The van der Waals surface area contributed by atoms with E-state index in [0.29, 0.717) is 5.16 Å². The molecule has 7 heteroatoms. The Balaban J connectivity index is 1.55. The van der Waals surface area contributed by atoms with E-state index in [9.17, 15) is 4.79 Å². The molecule has 2 aromatic carbocycles. The number of hydrogen-bond acceptors (Lipinski definition) is 5. The SMILES string of the molecule is Cc1ccc(-c2nnc(SCC(=O)N/N=C/c3ccccc3)n2C)cc1. The van der Waals surface area contributed by atoms with E-state index < -0.39 is 0 Å². The van der Waals surface area contributed by atoms with Crippen LogP contribution in [0.2, 0.25) is 0 Å². The van der Waals surface area contributed by atoms with Gasteiger partial charge in [0.05, 0.1) is 12.0 Å². The molecule has 1 N–H and O–H groups in total. The zero-order valence-corrected chi connectivity index (χ0v) is 15.4. The molecule has 26 heavy (non-hydrogen) atoms. The summed E-state index contributed by atoms with van der Waals surface area (Å²) < 4.78 is 1.88. The number of aromatic nitrogens is 3. The fourth-order valence-electron chi connectivity index (χ4n) is 2.27. The molecule has 0 atom stereocenters. The van der Waals surface area contributed by atoms with Crippen molar-refractivity contribution in [1.29, 1.82) is 0 Å². The van der Waals surface area contributed by atoms with Gasteiger partial charge in [-0.05, 0) is 12.5 Å². The second kappa shape index (κ2) is 8.44. The van der Waals surface area contributed by atoms with Crippen molar-refractivity contribution in [3.05, 3.63) is 65.7 Å². The maximum atomic E-state index is 11.9. The third kappa shape index (κ3) is 4.58. The van der Waals surface area contributed by atoms with Crippen molar-refractivity contribution in [3.8, 4) is 11.4 Å². The van der Waals surface area contributed by atoms with E-state index >= 15 is 0 Å². The first-order chi connectivity index (χ1) is 12.6. The molecule has 0 aliphatic heterocycles. The Labute approximate surface area is 156 Å². The van der Waals surface area contributed by atoms with Gasteiger partial charge in [-0.3, -0.25) is 4.79 Å². The molecule has 132 valence electrons. The highest BCUT2D eigenvalue weighted by Crippen LogP contribution is 2.22. The highest BCUT2D eigenvalue weighted by Gasteiger charge is 2.12. The number of hydrogen-bond donors (Lipinski definition) is 1. The summed E-state index contributed by atoms with van der Waals surface area (Å²) in [7, 11) is 1.89. The Bertz CT molecular complexity index is 903. The molecular weight excluding hydrogens is 346 g/mol. The van der Waals surface area contributed by atoms with E-state index in [1.807, 2.05) is 73.1 Å². The average Bonchev–Trinajstić information content (AvgIpc) is 3.02. The number of nitrogens with one attached hydrogen (secondary N) is 1. The van der Waals surface area contributed by atoms with E-state index in [0.717, 1.165) is 17.0 Å². The van der Waals surface area contributed by atoms with Crippen LogP contribution in [0.3, 0.4) is 0 Å². The summed E-state index contributed by atoms with van der Waals surface area (Å²) in [5.41, 5.74) is 5.63. The first-order valence-electron chi connectivity index (χ1n) is 8.09. The zero-order chi connectivity index (χ0) is 18.4. The Morgan fingerprint density at radius 1 is 1.15 bits per heavy atom. The van der Waals surface area contributed by atoms with E-state index in [1.165, 1.54) is 17.3 Å². The van der Waals surface area contributed by atoms with Crippen LogP contribution in [0, 0.1) is 6.92 Å². The minimum Gasteiger partial charge on any atom is -0.305 e. The summed E-state index contributed by atoms with van der Waals surface area (Å²) in [4.78, 5) is 11.9. The molecule has 0 radical (unpaired) electrons. The molecule has 0 spiro atoms. The van der Waals surface area contributed by atoms with Crippen molar-refractivity contribution < 1.29 is 4.79 Å². The maximum absolute atomic E-state index is 11.9. The van der Waals surface area contributed by atoms with Crippen LogP contribution >= 0.6 is 11.8 Å². The van der Waals surface area contributed by atoms with Crippen molar-refractivity contribution in [2.75, 3.05) is 5.75 Å². The number of thioether (sulfide) groups is 1. The van der Waals surface area contributed by atoms with Crippen LogP contribution in [0.25, 0.3) is 11.4 Å². The molecule has 0 unspecified atom stereocenters. The summed E-state index contributed by atoms with van der Waals surface area (Å²) in [6.07, 6.45) is 1.61. The van der Waals surface area contributed by atoms with E-state index in [-0.39, 0.29) is 11.7 Å². The van der Waals surface area contributed by atoms with Gasteiger partial charge in [-0.15, -0.1) is 10.2 Å². The van der Waals surface area contributed by atoms with Crippen molar-refractivity contribution in [2.24, 2.45) is 12.1 Å². The minimum absolute atomic E-state index is 0.193. The van der Waals surface area contributed by atoms with Gasteiger partial charge in [-0.1, -0.05) is 71.9 Å². The van der Waals surface area contributed by atoms with E-state index in [2.05, 4.69) is 20.7 Å². The number of benzene rings is 2. The van der Waals surface area contributed by atoms with Crippen LogP contribution in [0.4, 0.5) is 0 Å². The first-order valence-corrected chi connectivity index (χ1v) is 9.08. The van der Waals surface area contributed by atoms with Crippen LogP contribution in [-0.4, -0.2) is 32.6 Å². The van der Waals surface area contributed by atoms with Crippen LogP contribution in [-0.2, 0) is 11.8 Å². The molecule has 1 amide bonds. The number of hydrazone groups is 1. The van der Waals surface area contributed by atoms with Gasteiger partial charge >= 0.3 is 0 Å². The second-order valence-corrected chi connectivity index (χ2v) is 6.67. The lowest BCUT2D eigenvalue weighted by atomic mass is 10.1. The molecular formula is C19H19N5OS. The zero-order valence-electron chi connectivity index (χ0n) is 14.6. The number of carbonyl (C=O) groups excluding carboxylic acids is 1. The Morgan fingerprint density at radius 2 is 1.88 bits per heavy atom. The minimum atomic E-state index is -0.193. The molecule has 0 aliphatic rings. The van der Waals surface area contributed by atoms with Gasteiger partial charge in [0.25, 0.3) is 5.91 Å². The molecule has 6 nitrogen and oxygen atoms in total. The summed E-state index contributed by atoms with van der Waals surface area (Å²) in [5.74, 6) is 0.795. The number of aryl methyl sites for hydroxylation is 1. The van der Waals surface area contributed by atoms with Gasteiger partial charge < -0.3 is 4.57 Å². The molecule has 0 aliphatic carbocycles. The highest BCUT2D eigenvalue weighted by atomic mass is 32.2. The standard InChI is InChI=1S/C19H19N5OS/c1-14-8-10-16(11-9-14)18-22-23-19(24(18)2)26-13-17(25)21-20-12-15-6-4-3-5-7-15/h3-12H,13H2,1-2H3,(H,21,25)/b20-12+. The molecule has 3 aromatic rings. The van der Waals surface area contributed by atoms with Gasteiger partial charge in [-0.2, -0.15) is 5.10 Å². The fourth-order valence-corrected chi connectivity index (χ4v) is 2.98. The lowest BCUT2D eigenvalue weighted by Crippen LogP contribution is -2.19. The lowest BCUT2D eigenvalue weighted by molar-refractivity contribution is -0.118. The Morgan fingerprint density at radius 3 is 2.62 bits per heavy atom. The molecule has 0 saturated carbocycles. The normalized spacial score (nSPS) is 11.0. The van der Waals surface area contributed by atoms with Crippen LogP contribution in [0.5, 0.6) is 0 Å². The quantitative estimate of drug-likeness (QED) is 0.414. The third-order valence-electron chi connectivity index (χ3n) is 3.68. The number of nitrogens with zero attached hydrogens (tertiary/aromatic N) is 4. The Hall–Kier alpha value is -2.93. The van der Waals surface area contributed by atoms with Crippen LogP contribution in [0.1, 0.15) is 11.1 Å². The van der Waals surface area contributed by atoms with E-state index in [1.54, 1.807) is 6.21 Å². The molecule has 1 heterocycles. The topological polar surface area (TPSA) is 72.2 Å². The van der Waals surface area contributed by atoms with Crippen molar-refractivity contribution in [3.63, 3.8) is 0 Å². The number of rotatable bonds is 6. The Kier molecular flexibility index (Phi) is 5.80. The van der Waals surface area contributed by atoms with Gasteiger partial charge in [0.1, 0.15) is 0 Å². The molecule has 3 rings (SSSR count). The summed E-state index contributed by atoms with van der Waals surface area (Å²) in [5, 5.41) is 13.0. The molecule has 0 saturated heterocycles. The fraction of sp³-hybridized carbons (Fsp3) is 0.158. The number of carbonyl (C=O) groups is 1. The summed E-state index contributed by atoms with van der Waals surface area (Å²) in [6.45, 7) is 2.04. The predicted octanol–water partition coefficient (Wildman–Crippen LogP) is 3.03. The summed E-state index contributed by atoms with van der Waals surface area (Å²) >= 11 is 1.32. The summed E-state index contributed by atoms with van der Waals surface area (Å²) in [6, 6.07) is 17.7. The lowest BCUT2D eigenvalue weighted by Gasteiger charge is -2.04. The highest BCUT2D eigenvalue weighted by molar-refractivity contribution is 7.99. The van der Waals surface area contributed by atoms with Crippen LogP contribution in [0.15, 0.2) is 64.9 Å². The molecule has 0 bridgehead atoms. The maximum Gasteiger partial charge on any atom is 0.250 e. The van der Waals surface area contributed by atoms with Crippen molar-refractivity contribution in [1.82, 2.24) is 20.2 Å². The third-order valence-corrected chi connectivity index (χ3v) is 4.70. The van der Waals surface area contributed by atoms with E-state index in [4.69, 9.17) is 0 Å². The van der Waals surface area contributed by atoms with Gasteiger partial charge in [-0.25, -0.2) is 5.43 Å². The van der Waals surface area contributed by atoms with Gasteiger partial charge in [0.15, 0.2) is 11.0 Å². The average molecular weight is 365 g/mol. The van der Waals surface area contributed by atoms with Gasteiger partial charge in [0.2, 0.25) is 0 Å². The second-order valence-electron chi connectivity index (χ2n) is 5.72. The largest absolute Gasteiger partial charge is 0.305 e. The van der Waals surface area contributed by atoms with Crippen LogP contribution < -0.4 is 5.43 Å². The monoisotopic (exact) mass is 365 g/mol. The number of amides is 1. The molecule has 1 aromatic heterocycles. The first kappa shape index (κ1) is 17.9. The molecule has 0 fully saturated rings. The van der Waals surface area contributed by atoms with Crippen molar-refractivity contribution in [2.45, 2.75) is 12.1 Å². The predicted molar refractivity (Wildman–Crippen MR) is 104 cm³/mol. The van der Waals surface area contributed by atoms with Gasteiger partial charge in [0, 0.05) is 12.6 Å².